The molecule has 5 rings (SSSR count). The highest BCUT2D eigenvalue weighted by Crippen LogP contribution is 2.26. The summed E-state index contributed by atoms with van der Waals surface area (Å²) in [6.07, 6.45) is 6.91. The van der Waals surface area contributed by atoms with Crippen molar-refractivity contribution in [2.45, 2.75) is 88.5 Å². The Morgan fingerprint density at radius 1 is 1.07 bits per heavy atom. The van der Waals surface area contributed by atoms with Crippen molar-refractivity contribution in [1.82, 2.24) is 42.3 Å². The minimum Gasteiger partial charge on any atom is -0.388 e. The first-order valence-corrected chi connectivity index (χ1v) is 15.9. The molecule has 1 saturated carbocycles. The van der Waals surface area contributed by atoms with Crippen molar-refractivity contribution in [1.29, 1.82) is 0 Å². The maximum absolute atomic E-state index is 13.1. The standard InChI is InChI=1S/C28H54N8O4/c1-2-19-13-29-8-6-21(19)14-32-28(38)20-4-3-5-22(12-20)31-15-26-34-35-27(23-7-9-30-18-33-23)36(26)10-11-40-25-17-39-16-24(25)37/h19-27,29-31,33-35,37H,2-18H2,1H3,(H,32,38). The highest BCUT2D eigenvalue weighted by molar-refractivity contribution is 5.78. The summed E-state index contributed by atoms with van der Waals surface area (Å²) in [4.78, 5) is 15.6. The van der Waals surface area contributed by atoms with Crippen LogP contribution in [0.1, 0.15) is 51.9 Å². The molecule has 9 unspecified atom stereocenters. The van der Waals surface area contributed by atoms with Gasteiger partial charge in [0.1, 0.15) is 12.2 Å². The van der Waals surface area contributed by atoms with E-state index >= 15 is 0 Å². The molecule has 4 saturated heterocycles. The Labute approximate surface area is 239 Å². The molecule has 5 aliphatic rings. The monoisotopic (exact) mass is 566 g/mol. The van der Waals surface area contributed by atoms with Crippen molar-refractivity contribution in [3.05, 3.63) is 0 Å². The molecule has 12 heteroatoms. The largest absolute Gasteiger partial charge is 0.388 e. The SMILES string of the molecule is CCC1CNCCC1CNC(=O)C1CCCC(NCC2NNC(C3CCNCN3)N2CCOC2COCC2O)C1. The molecule has 0 bridgehead atoms. The molecule has 12 nitrogen and oxygen atoms in total. The van der Waals surface area contributed by atoms with Crippen LogP contribution in [0.25, 0.3) is 0 Å². The van der Waals surface area contributed by atoms with Gasteiger partial charge in [-0.1, -0.05) is 19.8 Å². The van der Waals surface area contributed by atoms with Crippen LogP contribution in [0.4, 0.5) is 0 Å². The molecule has 1 aliphatic carbocycles. The zero-order valence-corrected chi connectivity index (χ0v) is 24.3. The first kappa shape index (κ1) is 30.5. The summed E-state index contributed by atoms with van der Waals surface area (Å²) in [5.41, 5.74) is 7.05. The molecule has 4 aliphatic heterocycles. The number of piperidine rings is 1. The second-order valence-corrected chi connectivity index (χ2v) is 12.4. The van der Waals surface area contributed by atoms with Gasteiger partial charge in [0.2, 0.25) is 5.91 Å². The normalized spacial score (nSPS) is 39.4. The van der Waals surface area contributed by atoms with Crippen LogP contribution < -0.4 is 37.4 Å². The number of nitrogens with zero attached hydrogens (tertiary/aromatic N) is 1. The number of ether oxygens (including phenoxy) is 2. The fourth-order valence-corrected chi connectivity index (χ4v) is 7.24. The molecule has 0 radical (unpaired) electrons. The highest BCUT2D eigenvalue weighted by atomic mass is 16.6. The van der Waals surface area contributed by atoms with E-state index in [0.29, 0.717) is 43.7 Å². The van der Waals surface area contributed by atoms with E-state index in [1.54, 1.807) is 0 Å². The number of aliphatic hydroxyl groups is 1. The van der Waals surface area contributed by atoms with Crippen LogP contribution in [0.5, 0.6) is 0 Å². The number of carbonyl (C=O) groups excluding carboxylic acids is 1. The number of nitrogens with one attached hydrogen (secondary N) is 7. The van der Waals surface area contributed by atoms with Crippen molar-refractivity contribution < 1.29 is 19.4 Å². The number of aliphatic hydroxyl groups excluding tert-OH is 1. The Balaban J connectivity index is 1.09. The van der Waals surface area contributed by atoms with Gasteiger partial charge in [0.05, 0.1) is 32.2 Å². The van der Waals surface area contributed by atoms with E-state index in [1.807, 2.05) is 0 Å². The summed E-state index contributed by atoms with van der Waals surface area (Å²) < 4.78 is 11.3. The lowest BCUT2D eigenvalue weighted by Crippen LogP contribution is -2.59. The summed E-state index contributed by atoms with van der Waals surface area (Å²) in [6.45, 7) is 9.89. The lowest BCUT2D eigenvalue weighted by atomic mass is 9.83. The average Bonchev–Trinajstić information content (AvgIpc) is 3.61. The van der Waals surface area contributed by atoms with E-state index in [0.717, 1.165) is 84.5 Å². The molecule has 230 valence electrons. The van der Waals surface area contributed by atoms with Crippen LogP contribution in [0.3, 0.4) is 0 Å². The van der Waals surface area contributed by atoms with Crippen LogP contribution >= 0.6 is 0 Å². The number of rotatable bonds is 12. The first-order valence-electron chi connectivity index (χ1n) is 15.9. The number of amides is 1. The number of carbonyl (C=O) groups is 1. The molecule has 4 heterocycles. The molecule has 1 amide bonds. The average molecular weight is 567 g/mol. The smallest absolute Gasteiger partial charge is 0.223 e. The minimum atomic E-state index is -0.543. The van der Waals surface area contributed by atoms with Gasteiger partial charge < -0.3 is 35.8 Å². The lowest BCUT2D eigenvalue weighted by Gasteiger charge is -2.37. The van der Waals surface area contributed by atoms with Gasteiger partial charge in [-0.3, -0.25) is 15.0 Å². The summed E-state index contributed by atoms with van der Waals surface area (Å²) in [7, 11) is 0. The van der Waals surface area contributed by atoms with E-state index in [2.05, 4.69) is 49.3 Å². The summed E-state index contributed by atoms with van der Waals surface area (Å²) in [5.74, 6) is 1.60. The molecule has 0 aromatic carbocycles. The van der Waals surface area contributed by atoms with Crippen LogP contribution in [0.2, 0.25) is 0 Å². The maximum atomic E-state index is 13.1. The minimum absolute atomic E-state index is 0.0963. The van der Waals surface area contributed by atoms with Crippen molar-refractivity contribution >= 4 is 5.91 Å². The van der Waals surface area contributed by atoms with Crippen molar-refractivity contribution in [2.24, 2.45) is 17.8 Å². The molecule has 0 spiro atoms. The van der Waals surface area contributed by atoms with Crippen LogP contribution in [-0.4, -0.2) is 118 Å². The number of hydrogen-bond donors (Lipinski definition) is 8. The van der Waals surface area contributed by atoms with Gasteiger partial charge in [-0.2, -0.15) is 0 Å². The van der Waals surface area contributed by atoms with E-state index in [4.69, 9.17) is 9.47 Å². The van der Waals surface area contributed by atoms with Gasteiger partial charge in [-0.25, -0.2) is 10.9 Å². The number of hydrogen-bond acceptors (Lipinski definition) is 11. The molecule has 9 atom stereocenters. The Morgan fingerprint density at radius 3 is 2.77 bits per heavy atom. The van der Waals surface area contributed by atoms with Crippen molar-refractivity contribution in [2.75, 3.05) is 65.8 Å². The van der Waals surface area contributed by atoms with Gasteiger partial charge in [0, 0.05) is 44.3 Å². The van der Waals surface area contributed by atoms with E-state index < -0.39 is 6.10 Å². The third-order valence-corrected chi connectivity index (χ3v) is 9.81. The second kappa shape index (κ2) is 15.5. The molecular weight excluding hydrogens is 512 g/mol. The van der Waals surface area contributed by atoms with E-state index in [9.17, 15) is 9.90 Å². The fraction of sp³-hybridized carbons (Fsp3) is 0.964. The van der Waals surface area contributed by atoms with Crippen LogP contribution in [0, 0.1) is 17.8 Å². The third kappa shape index (κ3) is 8.12. The lowest BCUT2D eigenvalue weighted by molar-refractivity contribution is -0.126. The quantitative estimate of drug-likeness (QED) is 0.142. The number of hydrazine groups is 1. The Hall–Kier alpha value is -0.930. The molecule has 0 aromatic heterocycles. The zero-order chi connectivity index (χ0) is 27.7. The molecule has 8 N–H and O–H groups in total. The highest BCUT2D eigenvalue weighted by Gasteiger charge is 2.39. The molecule has 5 fully saturated rings. The Bertz CT molecular complexity index is 775. The predicted molar refractivity (Wildman–Crippen MR) is 153 cm³/mol. The topological polar surface area (TPSA) is 143 Å². The maximum Gasteiger partial charge on any atom is 0.223 e. The van der Waals surface area contributed by atoms with Gasteiger partial charge in [-0.15, -0.1) is 0 Å². The molecule has 40 heavy (non-hydrogen) atoms. The van der Waals surface area contributed by atoms with Crippen molar-refractivity contribution in [3.63, 3.8) is 0 Å². The Kier molecular flexibility index (Phi) is 11.8. The zero-order valence-electron chi connectivity index (χ0n) is 24.3. The summed E-state index contributed by atoms with van der Waals surface area (Å²) in [6, 6.07) is 0.669. The summed E-state index contributed by atoms with van der Waals surface area (Å²) >= 11 is 0. The van der Waals surface area contributed by atoms with Crippen LogP contribution in [0.15, 0.2) is 0 Å². The van der Waals surface area contributed by atoms with Crippen LogP contribution in [-0.2, 0) is 14.3 Å². The molecular formula is C28H54N8O4. The fourth-order valence-electron chi connectivity index (χ4n) is 7.24. The van der Waals surface area contributed by atoms with E-state index in [-0.39, 0.29) is 30.3 Å². The second-order valence-electron chi connectivity index (χ2n) is 12.4. The van der Waals surface area contributed by atoms with Gasteiger partial charge >= 0.3 is 0 Å². The Morgan fingerprint density at radius 2 is 1.98 bits per heavy atom. The van der Waals surface area contributed by atoms with E-state index in [1.165, 1.54) is 6.42 Å². The molecule has 0 aromatic rings. The summed E-state index contributed by atoms with van der Waals surface area (Å²) in [5, 5.41) is 27.6. The third-order valence-electron chi connectivity index (χ3n) is 9.81. The van der Waals surface area contributed by atoms with Gasteiger partial charge in [-0.05, 0) is 63.6 Å². The first-order chi connectivity index (χ1) is 19.6. The van der Waals surface area contributed by atoms with Gasteiger partial charge in [0.15, 0.2) is 0 Å². The predicted octanol–water partition coefficient (Wildman–Crippen LogP) is -1.37. The van der Waals surface area contributed by atoms with Crippen molar-refractivity contribution in [3.8, 4) is 0 Å². The van der Waals surface area contributed by atoms with Gasteiger partial charge in [0.25, 0.3) is 0 Å².